The molecule has 2 N–H and O–H groups in total. The van der Waals surface area contributed by atoms with Crippen LogP contribution in [0.4, 0.5) is 5.13 Å². The van der Waals surface area contributed by atoms with Crippen molar-refractivity contribution in [1.82, 2.24) is 10.3 Å². The highest BCUT2D eigenvalue weighted by atomic mass is 32.1. The Bertz CT molecular complexity index is 578. The zero-order chi connectivity index (χ0) is 13.1. The molecule has 0 unspecified atom stereocenters. The molecule has 0 atom stereocenters. The van der Waals surface area contributed by atoms with E-state index < -0.39 is 0 Å². The summed E-state index contributed by atoms with van der Waals surface area (Å²) in [5, 5.41) is 8.79. The molecule has 1 aliphatic rings. The second-order valence-electron chi connectivity index (χ2n) is 4.15. The molecule has 98 valence electrons. The van der Waals surface area contributed by atoms with E-state index in [0.717, 1.165) is 30.1 Å². The smallest absolute Gasteiger partial charge is 0.250 e. The summed E-state index contributed by atoms with van der Waals surface area (Å²) in [6.07, 6.45) is 4.30. The molecule has 19 heavy (non-hydrogen) atoms. The number of carbonyl (C=O) groups is 1. The van der Waals surface area contributed by atoms with Crippen molar-refractivity contribution in [3.63, 3.8) is 0 Å². The second-order valence-corrected chi connectivity index (χ2v) is 6.22. The minimum Gasteiger partial charge on any atom is -0.311 e. The van der Waals surface area contributed by atoms with Gasteiger partial charge < -0.3 is 5.32 Å². The van der Waals surface area contributed by atoms with Gasteiger partial charge in [-0.3, -0.25) is 10.1 Å². The molecule has 2 aromatic heterocycles. The van der Waals surface area contributed by atoms with Crippen molar-refractivity contribution >= 4 is 39.8 Å². The van der Waals surface area contributed by atoms with E-state index in [1.54, 1.807) is 28.7 Å². The number of aromatic nitrogens is 1. The summed E-state index contributed by atoms with van der Waals surface area (Å²) >= 11 is 3.16. The normalized spacial score (nSPS) is 14.5. The molecule has 3 heterocycles. The molecule has 0 fully saturated rings. The first kappa shape index (κ1) is 12.5. The topological polar surface area (TPSA) is 54.0 Å². The van der Waals surface area contributed by atoms with Crippen molar-refractivity contribution in [2.75, 3.05) is 11.9 Å². The average Bonchev–Trinajstić information content (AvgIpc) is 3.04. The quantitative estimate of drug-likeness (QED) is 0.854. The molecular formula is C13H13N3OS2. The van der Waals surface area contributed by atoms with Crippen molar-refractivity contribution in [2.24, 2.45) is 0 Å². The zero-order valence-corrected chi connectivity index (χ0v) is 11.8. The molecule has 0 aliphatic carbocycles. The Balaban J connectivity index is 1.64. The highest BCUT2D eigenvalue weighted by Crippen LogP contribution is 2.25. The summed E-state index contributed by atoms with van der Waals surface area (Å²) in [6, 6.07) is 3.94. The predicted molar refractivity (Wildman–Crippen MR) is 79.5 cm³/mol. The maximum atomic E-state index is 11.8. The SMILES string of the molecule is O=C(/C=C/c1cccs1)Nc1nc2c(s1)CNCC2. The predicted octanol–water partition coefficient (Wildman–Crippen LogP) is 2.50. The maximum absolute atomic E-state index is 11.8. The number of rotatable bonds is 3. The van der Waals surface area contributed by atoms with Gasteiger partial charge in [0.2, 0.25) is 5.91 Å². The molecular weight excluding hydrogens is 278 g/mol. The summed E-state index contributed by atoms with van der Waals surface area (Å²) in [7, 11) is 0. The van der Waals surface area contributed by atoms with E-state index in [1.165, 1.54) is 4.88 Å². The largest absolute Gasteiger partial charge is 0.311 e. The molecule has 0 saturated heterocycles. The van der Waals surface area contributed by atoms with Crippen LogP contribution in [0.1, 0.15) is 15.4 Å². The fourth-order valence-corrected chi connectivity index (χ4v) is 3.47. The van der Waals surface area contributed by atoms with Crippen molar-refractivity contribution in [3.8, 4) is 0 Å². The second kappa shape index (κ2) is 5.64. The molecule has 0 saturated carbocycles. The van der Waals surface area contributed by atoms with Crippen LogP contribution < -0.4 is 10.6 Å². The molecule has 0 aromatic carbocycles. The van der Waals surface area contributed by atoms with Gasteiger partial charge in [-0.2, -0.15) is 0 Å². The third kappa shape index (κ3) is 3.09. The molecule has 1 amide bonds. The van der Waals surface area contributed by atoms with E-state index in [0.29, 0.717) is 5.13 Å². The Hall–Kier alpha value is -1.50. The fourth-order valence-electron chi connectivity index (χ4n) is 1.87. The van der Waals surface area contributed by atoms with Crippen LogP contribution in [0.3, 0.4) is 0 Å². The molecule has 0 bridgehead atoms. The van der Waals surface area contributed by atoms with Gasteiger partial charge in [-0.15, -0.1) is 22.7 Å². The number of amides is 1. The Morgan fingerprint density at radius 2 is 2.47 bits per heavy atom. The molecule has 0 spiro atoms. The molecule has 4 nitrogen and oxygen atoms in total. The summed E-state index contributed by atoms with van der Waals surface area (Å²) in [4.78, 5) is 18.5. The van der Waals surface area contributed by atoms with E-state index in [9.17, 15) is 4.79 Å². The van der Waals surface area contributed by atoms with E-state index in [4.69, 9.17) is 0 Å². The van der Waals surface area contributed by atoms with Crippen LogP contribution in [-0.2, 0) is 17.8 Å². The van der Waals surface area contributed by atoms with Crippen LogP contribution in [0.25, 0.3) is 6.08 Å². The van der Waals surface area contributed by atoms with Crippen molar-refractivity contribution < 1.29 is 4.79 Å². The summed E-state index contributed by atoms with van der Waals surface area (Å²) in [5.41, 5.74) is 1.11. The van der Waals surface area contributed by atoms with Crippen LogP contribution in [0.15, 0.2) is 23.6 Å². The van der Waals surface area contributed by atoms with Gasteiger partial charge >= 0.3 is 0 Å². The van der Waals surface area contributed by atoms with Gasteiger partial charge in [0, 0.05) is 35.3 Å². The van der Waals surface area contributed by atoms with Crippen LogP contribution in [0.2, 0.25) is 0 Å². The van der Waals surface area contributed by atoms with Crippen molar-refractivity contribution in [3.05, 3.63) is 39.0 Å². The maximum Gasteiger partial charge on any atom is 0.250 e. The van der Waals surface area contributed by atoms with Gasteiger partial charge in [-0.1, -0.05) is 6.07 Å². The first-order chi connectivity index (χ1) is 9.31. The van der Waals surface area contributed by atoms with Crippen LogP contribution >= 0.6 is 22.7 Å². The number of nitrogens with one attached hydrogen (secondary N) is 2. The Morgan fingerprint density at radius 3 is 3.26 bits per heavy atom. The molecule has 0 radical (unpaired) electrons. The van der Waals surface area contributed by atoms with Gasteiger partial charge in [0.05, 0.1) is 5.69 Å². The van der Waals surface area contributed by atoms with E-state index in [-0.39, 0.29) is 5.91 Å². The highest BCUT2D eigenvalue weighted by molar-refractivity contribution is 7.15. The molecule has 6 heteroatoms. The number of hydrogen-bond acceptors (Lipinski definition) is 5. The van der Waals surface area contributed by atoms with Crippen LogP contribution in [0, 0.1) is 0 Å². The lowest BCUT2D eigenvalue weighted by Crippen LogP contribution is -2.22. The molecule has 3 rings (SSSR count). The molecule has 2 aromatic rings. The highest BCUT2D eigenvalue weighted by Gasteiger charge is 2.15. The van der Waals surface area contributed by atoms with E-state index in [2.05, 4.69) is 15.6 Å². The summed E-state index contributed by atoms with van der Waals surface area (Å²) in [5.74, 6) is -0.132. The number of hydrogen-bond donors (Lipinski definition) is 2. The zero-order valence-electron chi connectivity index (χ0n) is 10.2. The number of thiazole rings is 1. The van der Waals surface area contributed by atoms with Gasteiger partial charge in [0.1, 0.15) is 0 Å². The minimum atomic E-state index is -0.132. The number of thiophene rings is 1. The number of nitrogens with zero attached hydrogens (tertiary/aromatic N) is 1. The average molecular weight is 291 g/mol. The third-order valence-corrected chi connectivity index (χ3v) is 4.63. The first-order valence-electron chi connectivity index (χ1n) is 6.03. The van der Waals surface area contributed by atoms with Gasteiger partial charge in [0.25, 0.3) is 0 Å². The monoisotopic (exact) mass is 291 g/mol. The van der Waals surface area contributed by atoms with Crippen LogP contribution in [-0.4, -0.2) is 17.4 Å². The third-order valence-electron chi connectivity index (χ3n) is 2.77. The van der Waals surface area contributed by atoms with Crippen molar-refractivity contribution in [2.45, 2.75) is 13.0 Å². The van der Waals surface area contributed by atoms with E-state index in [1.807, 2.05) is 23.6 Å². The van der Waals surface area contributed by atoms with Gasteiger partial charge in [-0.25, -0.2) is 4.98 Å². The Labute approximate surface area is 119 Å². The standard InChI is InChI=1S/C13H13N3OS2/c17-12(4-3-9-2-1-7-18-9)16-13-15-10-5-6-14-8-11(10)19-13/h1-4,7,14H,5-6,8H2,(H,15,16,17)/b4-3+. The number of carbonyl (C=O) groups excluding carboxylic acids is 1. The lowest BCUT2D eigenvalue weighted by Gasteiger charge is -2.09. The Kier molecular flexibility index (Phi) is 3.72. The Morgan fingerprint density at radius 1 is 1.53 bits per heavy atom. The fraction of sp³-hybridized carbons (Fsp3) is 0.231. The van der Waals surface area contributed by atoms with Gasteiger partial charge in [0.15, 0.2) is 5.13 Å². The first-order valence-corrected chi connectivity index (χ1v) is 7.73. The van der Waals surface area contributed by atoms with Gasteiger partial charge in [-0.05, 0) is 17.5 Å². The minimum absolute atomic E-state index is 0.132. The number of fused-ring (bicyclic) bond motifs is 1. The van der Waals surface area contributed by atoms with Crippen molar-refractivity contribution in [1.29, 1.82) is 0 Å². The lowest BCUT2D eigenvalue weighted by atomic mass is 10.2. The van der Waals surface area contributed by atoms with E-state index >= 15 is 0 Å². The summed E-state index contributed by atoms with van der Waals surface area (Å²) < 4.78 is 0. The lowest BCUT2D eigenvalue weighted by molar-refractivity contribution is -0.111. The molecule has 1 aliphatic heterocycles. The van der Waals surface area contributed by atoms with Crippen LogP contribution in [0.5, 0.6) is 0 Å². The summed E-state index contributed by atoms with van der Waals surface area (Å²) in [6.45, 7) is 1.82. The number of anilines is 1.